The number of hydrogen-bond donors (Lipinski definition) is 2. The number of allylic oxidation sites excluding steroid dienone is 4. The summed E-state index contributed by atoms with van der Waals surface area (Å²) in [7, 11) is 5.88. The maximum atomic E-state index is 6.25. The number of nitrogens with zero attached hydrogens (tertiary/aromatic N) is 5. The number of aliphatic imine (C=N–C) groups is 2. The van der Waals surface area contributed by atoms with E-state index < -0.39 is 0 Å². The molecule has 202 valence electrons. The molecule has 3 heterocycles. The van der Waals surface area contributed by atoms with Gasteiger partial charge in [-0.2, -0.15) is 0 Å². The van der Waals surface area contributed by atoms with E-state index in [4.69, 9.17) is 19.5 Å². The summed E-state index contributed by atoms with van der Waals surface area (Å²) in [6, 6.07) is 6.40. The first-order valence-corrected chi connectivity index (χ1v) is 13.0. The molecule has 38 heavy (non-hydrogen) atoms. The molecule has 1 aromatic heterocycles. The van der Waals surface area contributed by atoms with Crippen molar-refractivity contribution in [1.29, 1.82) is 0 Å². The van der Waals surface area contributed by atoms with Gasteiger partial charge >= 0.3 is 0 Å². The average molecular weight is 518 g/mol. The summed E-state index contributed by atoms with van der Waals surface area (Å²) in [4.78, 5) is 21.9. The Balaban J connectivity index is 1.52. The minimum atomic E-state index is 0.432. The Hall–Kier alpha value is -3.53. The number of amidine groups is 1. The van der Waals surface area contributed by atoms with Crippen molar-refractivity contribution in [3.63, 3.8) is 0 Å². The number of H-pyrrole nitrogens is 1. The van der Waals surface area contributed by atoms with Gasteiger partial charge in [0, 0.05) is 24.5 Å². The van der Waals surface area contributed by atoms with E-state index in [1.807, 2.05) is 31.2 Å². The Morgan fingerprint density at radius 1 is 1.24 bits per heavy atom. The number of hydrogen-bond acceptors (Lipinski definition) is 8. The number of aromatic nitrogens is 2. The fourth-order valence-corrected chi connectivity index (χ4v) is 4.17. The second-order valence-corrected chi connectivity index (χ2v) is 9.67. The maximum absolute atomic E-state index is 6.25. The van der Waals surface area contributed by atoms with Crippen molar-refractivity contribution in [1.82, 2.24) is 25.1 Å². The third-order valence-electron chi connectivity index (χ3n) is 6.73. The minimum absolute atomic E-state index is 0.432. The molecule has 0 radical (unpaired) electrons. The predicted molar refractivity (Wildman–Crippen MR) is 154 cm³/mol. The van der Waals surface area contributed by atoms with E-state index in [0.717, 1.165) is 72.3 Å². The molecule has 0 unspecified atom stereocenters. The number of rotatable bonds is 9. The monoisotopic (exact) mass is 517 g/mol. The number of aromatic amines is 1. The van der Waals surface area contributed by atoms with Crippen molar-refractivity contribution in [3.8, 4) is 0 Å². The van der Waals surface area contributed by atoms with Gasteiger partial charge in [0.2, 0.25) is 5.90 Å². The van der Waals surface area contributed by atoms with Gasteiger partial charge in [0.15, 0.2) is 0 Å². The molecule has 0 aliphatic carbocycles. The first-order valence-electron chi connectivity index (χ1n) is 13.0. The van der Waals surface area contributed by atoms with Crippen LogP contribution in [0.4, 0.5) is 0 Å². The molecule has 0 saturated carbocycles. The molecule has 0 atom stereocenters. The summed E-state index contributed by atoms with van der Waals surface area (Å²) < 4.78 is 11.6. The Kier molecular flexibility index (Phi) is 9.28. The van der Waals surface area contributed by atoms with Crippen LogP contribution in [0.15, 0.2) is 76.2 Å². The number of para-hydroxylation sites is 1. The number of fused-ring (bicyclic) bond motifs is 1. The molecule has 0 amide bonds. The lowest BCUT2D eigenvalue weighted by atomic mass is 10.1. The Labute approximate surface area is 225 Å². The summed E-state index contributed by atoms with van der Waals surface area (Å²) in [5, 5.41) is 3.42. The zero-order chi connectivity index (χ0) is 27.1. The van der Waals surface area contributed by atoms with Crippen molar-refractivity contribution < 1.29 is 9.47 Å². The highest BCUT2D eigenvalue weighted by atomic mass is 16.5. The van der Waals surface area contributed by atoms with E-state index in [2.05, 4.69) is 64.8 Å². The highest BCUT2D eigenvalue weighted by Gasteiger charge is 2.24. The van der Waals surface area contributed by atoms with Crippen LogP contribution in [0.3, 0.4) is 0 Å². The van der Waals surface area contributed by atoms with Crippen LogP contribution in [-0.2, 0) is 16.0 Å². The van der Waals surface area contributed by atoms with Gasteiger partial charge in [-0.15, -0.1) is 0 Å². The second-order valence-electron chi connectivity index (χ2n) is 9.67. The Bertz CT molecular complexity index is 1300. The van der Waals surface area contributed by atoms with Crippen LogP contribution in [0.1, 0.15) is 31.7 Å². The van der Waals surface area contributed by atoms with Crippen LogP contribution >= 0.6 is 0 Å². The van der Waals surface area contributed by atoms with Crippen LogP contribution in [0, 0.1) is 0 Å². The van der Waals surface area contributed by atoms with Crippen LogP contribution in [0.2, 0.25) is 0 Å². The molecule has 0 bridgehead atoms. The van der Waals surface area contributed by atoms with Gasteiger partial charge in [-0.25, -0.2) is 9.98 Å². The fraction of sp³-hybridized carbons (Fsp3) is 0.414. The minimum Gasteiger partial charge on any atom is -0.439 e. The summed E-state index contributed by atoms with van der Waals surface area (Å²) in [6.45, 7) is 12.3. The zero-order valence-corrected chi connectivity index (χ0v) is 23.1. The number of benzene rings is 1. The fourth-order valence-electron chi connectivity index (χ4n) is 4.17. The lowest BCUT2D eigenvalue weighted by Gasteiger charge is -2.34. The number of nitrogens with one attached hydrogen (secondary N) is 2. The van der Waals surface area contributed by atoms with Crippen molar-refractivity contribution in [2.75, 3.05) is 47.4 Å². The van der Waals surface area contributed by atoms with Gasteiger partial charge in [0.1, 0.15) is 22.9 Å². The van der Waals surface area contributed by atoms with Crippen molar-refractivity contribution in [2.45, 2.75) is 32.9 Å². The normalized spacial score (nSPS) is 19.3. The van der Waals surface area contributed by atoms with Gasteiger partial charge in [0.05, 0.1) is 43.4 Å². The highest BCUT2D eigenvalue weighted by Crippen LogP contribution is 2.22. The molecule has 2 aliphatic heterocycles. The van der Waals surface area contributed by atoms with Crippen molar-refractivity contribution >= 4 is 22.8 Å². The summed E-state index contributed by atoms with van der Waals surface area (Å²) in [5.74, 6) is 2.75. The molecule has 2 N–H and O–H groups in total. The Morgan fingerprint density at radius 2 is 2.05 bits per heavy atom. The molecule has 9 heteroatoms. The second kappa shape index (κ2) is 12.8. The lowest BCUT2D eigenvalue weighted by molar-refractivity contribution is -0.0512. The Morgan fingerprint density at radius 3 is 2.76 bits per heavy atom. The number of ether oxygens (including phenoxy) is 2. The third-order valence-corrected chi connectivity index (χ3v) is 6.73. The molecular formula is C29H39N7O2. The number of imidazole rings is 1. The van der Waals surface area contributed by atoms with E-state index in [9.17, 15) is 0 Å². The largest absolute Gasteiger partial charge is 0.439 e. The molecular weight excluding hydrogens is 478 g/mol. The quantitative estimate of drug-likeness (QED) is 0.297. The van der Waals surface area contributed by atoms with E-state index >= 15 is 0 Å². The third kappa shape index (κ3) is 6.86. The average Bonchev–Trinajstić information content (AvgIpc) is 3.27. The van der Waals surface area contributed by atoms with E-state index in [1.54, 1.807) is 13.2 Å². The standard InChI is InChI=1S/C29H39N7O2/c1-7-35(5)16-27-33-25-13-9-12-24(28(25)34-27)29(30-4)38-21(3)22-11-8-10-20(2)32-26(31-15-14-22)17-36(6)23-18-37-19-23/h9-15,23H,3,7-8,16-19H2,1-2,4-6H3,(H,31,32)(H,33,34)/b15-14+,20-10+,22-11?,30-29?. The zero-order valence-electron chi connectivity index (χ0n) is 23.1. The van der Waals surface area contributed by atoms with Gasteiger partial charge in [-0.1, -0.05) is 31.7 Å². The topological polar surface area (TPSA) is 90.4 Å². The molecule has 1 fully saturated rings. The van der Waals surface area contributed by atoms with Gasteiger partial charge in [-0.3, -0.25) is 14.8 Å². The van der Waals surface area contributed by atoms with Crippen LogP contribution in [0.5, 0.6) is 0 Å². The first kappa shape index (κ1) is 27.5. The van der Waals surface area contributed by atoms with Crippen LogP contribution in [0.25, 0.3) is 11.0 Å². The molecule has 2 aliphatic rings. The summed E-state index contributed by atoms with van der Waals surface area (Å²) in [5.41, 5.74) is 4.49. The smallest absolute Gasteiger partial charge is 0.223 e. The predicted octanol–water partition coefficient (Wildman–Crippen LogP) is 3.99. The van der Waals surface area contributed by atoms with E-state index in [1.165, 1.54) is 0 Å². The van der Waals surface area contributed by atoms with E-state index in [-0.39, 0.29) is 0 Å². The van der Waals surface area contributed by atoms with Crippen molar-refractivity contribution in [2.24, 2.45) is 9.98 Å². The summed E-state index contributed by atoms with van der Waals surface area (Å²) in [6.07, 6.45) is 8.64. The SMILES string of the molecule is C=C(OC(=NC)c1cccc2[nH]c(CN(C)CC)nc12)C1=CC/C=C(\C)NC(CN(C)C2COC2)=N/C=C/1. The molecule has 0 spiro atoms. The van der Waals surface area contributed by atoms with Gasteiger partial charge in [0.25, 0.3) is 0 Å². The van der Waals surface area contributed by atoms with E-state index in [0.29, 0.717) is 24.2 Å². The van der Waals surface area contributed by atoms with Crippen LogP contribution in [-0.4, -0.2) is 85.0 Å². The summed E-state index contributed by atoms with van der Waals surface area (Å²) >= 11 is 0. The molecule has 9 nitrogen and oxygen atoms in total. The van der Waals surface area contributed by atoms with Crippen molar-refractivity contribution in [3.05, 3.63) is 77.6 Å². The number of likely N-dealkylation sites (N-methyl/N-ethyl adjacent to an activating group) is 1. The molecule has 4 rings (SSSR count). The van der Waals surface area contributed by atoms with Gasteiger partial charge < -0.3 is 19.8 Å². The lowest BCUT2D eigenvalue weighted by Crippen LogP contribution is -2.50. The molecule has 1 aromatic carbocycles. The van der Waals surface area contributed by atoms with Crippen LogP contribution < -0.4 is 5.32 Å². The molecule has 1 saturated heterocycles. The van der Waals surface area contributed by atoms with Gasteiger partial charge in [-0.05, 0) is 52.2 Å². The first-order chi connectivity index (χ1) is 18.4. The maximum Gasteiger partial charge on any atom is 0.223 e. The highest BCUT2D eigenvalue weighted by molar-refractivity contribution is 6.05. The molecule has 2 aromatic rings.